The van der Waals surface area contributed by atoms with Crippen molar-refractivity contribution in [2.24, 2.45) is 11.5 Å². The minimum Gasteiger partial charge on any atom is -0.368 e. The minimum absolute atomic E-state index is 0.947. The van der Waals surface area contributed by atoms with E-state index in [-0.39, 0.29) is 0 Å². The van der Waals surface area contributed by atoms with Gasteiger partial charge in [-0.25, -0.2) is 0 Å². The molecule has 0 aromatic heterocycles. The van der Waals surface area contributed by atoms with Gasteiger partial charge in [-0.1, -0.05) is 0 Å². The van der Waals surface area contributed by atoms with Crippen LogP contribution in [0.15, 0.2) is 0 Å². The fourth-order valence-corrected chi connectivity index (χ4v) is 0.504. The SMILES string of the molecule is CC(N)(CC(F)(F)F)C(N)=O. The Hall–Kier alpha value is -0.780. The average molecular weight is 170 g/mol. The summed E-state index contributed by atoms with van der Waals surface area (Å²) in [6.07, 6.45) is -5.85. The molecular formula is C5H9F3N2O. The predicted molar refractivity (Wildman–Crippen MR) is 32.5 cm³/mol. The molecule has 0 aromatic rings. The van der Waals surface area contributed by atoms with E-state index in [1.807, 2.05) is 0 Å². The first-order chi connectivity index (χ1) is 4.65. The summed E-state index contributed by atoms with van der Waals surface area (Å²) in [5.41, 5.74) is 7.56. The molecule has 1 unspecified atom stereocenters. The number of carbonyl (C=O) groups is 1. The van der Waals surface area contributed by atoms with Crippen LogP contribution < -0.4 is 11.5 Å². The van der Waals surface area contributed by atoms with E-state index in [1.165, 1.54) is 0 Å². The van der Waals surface area contributed by atoms with Crippen LogP contribution in [0.25, 0.3) is 0 Å². The van der Waals surface area contributed by atoms with Crippen LogP contribution in [0.1, 0.15) is 13.3 Å². The first-order valence-corrected chi connectivity index (χ1v) is 2.81. The van der Waals surface area contributed by atoms with E-state index in [0.29, 0.717) is 0 Å². The van der Waals surface area contributed by atoms with Crippen molar-refractivity contribution < 1.29 is 18.0 Å². The molecule has 3 nitrogen and oxygen atoms in total. The molecule has 0 aromatic carbocycles. The van der Waals surface area contributed by atoms with Gasteiger partial charge in [-0.05, 0) is 6.92 Å². The number of hydrogen-bond acceptors (Lipinski definition) is 2. The van der Waals surface area contributed by atoms with Gasteiger partial charge in [0.05, 0.1) is 6.42 Å². The van der Waals surface area contributed by atoms with Crippen molar-refractivity contribution in [2.45, 2.75) is 25.1 Å². The van der Waals surface area contributed by atoms with Crippen LogP contribution in [-0.4, -0.2) is 17.6 Å². The summed E-state index contributed by atoms with van der Waals surface area (Å²) >= 11 is 0. The summed E-state index contributed by atoms with van der Waals surface area (Å²) in [7, 11) is 0. The molecule has 0 spiro atoms. The van der Waals surface area contributed by atoms with Crippen molar-refractivity contribution in [3.05, 3.63) is 0 Å². The summed E-state index contributed by atoms with van der Waals surface area (Å²) < 4.78 is 34.9. The highest BCUT2D eigenvalue weighted by Crippen LogP contribution is 2.25. The van der Waals surface area contributed by atoms with Gasteiger partial charge in [0.1, 0.15) is 5.54 Å². The second-order valence-electron chi connectivity index (χ2n) is 2.57. The van der Waals surface area contributed by atoms with Crippen LogP contribution in [0.5, 0.6) is 0 Å². The normalized spacial score (nSPS) is 17.5. The highest BCUT2D eigenvalue weighted by molar-refractivity contribution is 5.83. The Balaban J connectivity index is 4.25. The van der Waals surface area contributed by atoms with Crippen molar-refractivity contribution in [1.82, 2.24) is 0 Å². The summed E-state index contributed by atoms with van der Waals surface area (Å²) in [6, 6.07) is 0. The number of amides is 1. The number of carbonyl (C=O) groups excluding carboxylic acids is 1. The Morgan fingerprint density at radius 2 is 1.82 bits per heavy atom. The van der Waals surface area contributed by atoms with E-state index in [1.54, 1.807) is 0 Å². The molecule has 0 radical (unpaired) electrons. The summed E-state index contributed by atoms with van der Waals surface area (Å²) in [5, 5.41) is 0. The quantitative estimate of drug-likeness (QED) is 0.618. The number of hydrogen-bond donors (Lipinski definition) is 2. The Bertz CT molecular complexity index is 164. The summed E-state index contributed by atoms with van der Waals surface area (Å²) in [5.74, 6) is -1.16. The topological polar surface area (TPSA) is 69.1 Å². The molecule has 6 heteroatoms. The van der Waals surface area contributed by atoms with E-state index >= 15 is 0 Å². The van der Waals surface area contributed by atoms with Crippen LogP contribution in [0, 0.1) is 0 Å². The van der Waals surface area contributed by atoms with E-state index < -0.39 is 24.0 Å². The number of halogens is 3. The number of rotatable bonds is 2. The third-order valence-corrected chi connectivity index (χ3v) is 1.13. The zero-order valence-corrected chi connectivity index (χ0v) is 5.90. The predicted octanol–water partition coefficient (Wildman–Crippen LogP) is 0.142. The van der Waals surface area contributed by atoms with Gasteiger partial charge in [-0.3, -0.25) is 4.79 Å². The van der Waals surface area contributed by atoms with Crippen molar-refractivity contribution in [3.63, 3.8) is 0 Å². The maximum Gasteiger partial charge on any atom is 0.391 e. The molecule has 0 saturated heterocycles. The second-order valence-corrected chi connectivity index (χ2v) is 2.57. The molecule has 0 aliphatic rings. The Morgan fingerprint density at radius 1 is 1.45 bits per heavy atom. The summed E-state index contributed by atoms with van der Waals surface area (Å²) in [6.45, 7) is 0.947. The highest BCUT2D eigenvalue weighted by Gasteiger charge is 2.40. The molecule has 11 heavy (non-hydrogen) atoms. The lowest BCUT2D eigenvalue weighted by molar-refractivity contribution is -0.154. The molecule has 66 valence electrons. The van der Waals surface area contributed by atoms with E-state index in [2.05, 4.69) is 5.73 Å². The maximum absolute atomic E-state index is 11.6. The molecule has 0 heterocycles. The van der Waals surface area contributed by atoms with E-state index in [4.69, 9.17) is 5.73 Å². The lowest BCUT2D eigenvalue weighted by Crippen LogP contribution is -2.51. The lowest BCUT2D eigenvalue weighted by Gasteiger charge is -2.21. The Kier molecular flexibility index (Phi) is 2.50. The molecule has 0 saturated carbocycles. The summed E-state index contributed by atoms with van der Waals surface area (Å²) in [4.78, 5) is 10.3. The van der Waals surface area contributed by atoms with Gasteiger partial charge in [-0.15, -0.1) is 0 Å². The monoisotopic (exact) mass is 170 g/mol. The van der Waals surface area contributed by atoms with Gasteiger partial charge >= 0.3 is 6.18 Å². The van der Waals surface area contributed by atoms with Gasteiger partial charge < -0.3 is 11.5 Å². The van der Waals surface area contributed by atoms with Crippen LogP contribution >= 0.6 is 0 Å². The first kappa shape index (κ1) is 10.2. The zero-order chi connectivity index (χ0) is 9.28. The van der Waals surface area contributed by atoms with Crippen molar-refractivity contribution in [1.29, 1.82) is 0 Å². The van der Waals surface area contributed by atoms with Crippen LogP contribution in [0.3, 0.4) is 0 Å². The van der Waals surface area contributed by atoms with Gasteiger partial charge in [0.15, 0.2) is 0 Å². The maximum atomic E-state index is 11.6. The molecule has 0 aliphatic heterocycles. The average Bonchev–Trinajstić information content (AvgIpc) is 1.56. The van der Waals surface area contributed by atoms with Gasteiger partial charge in [0.2, 0.25) is 5.91 Å². The molecule has 0 rings (SSSR count). The van der Waals surface area contributed by atoms with Crippen molar-refractivity contribution in [3.8, 4) is 0 Å². The molecule has 0 aliphatic carbocycles. The largest absolute Gasteiger partial charge is 0.391 e. The van der Waals surface area contributed by atoms with Crippen LogP contribution in [0.2, 0.25) is 0 Å². The number of nitrogens with two attached hydrogens (primary N) is 2. The smallest absolute Gasteiger partial charge is 0.368 e. The third-order valence-electron chi connectivity index (χ3n) is 1.13. The highest BCUT2D eigenvalue weighted by atomic mass is 19.4. The molecule has 1 atom stereocenters. The second kappa shape index (κ2) is 2.69. The number of primary amides is 1. The van der Waals surface area contributed by atoms with E-state index in [9.17, 15) is 18.0 Å². The Morgan fingerprint density at radius 3 is 1.91 bits per heavy atom. The molecule has 0 fully saturated rings. The lowest BCUT2D eigenvalue weighted by atomic mass is 9.98. The molecule has 0 bridgehead atoms. The fourth-order valence-electron chi connectivity index (χ4n) is 0.504. The fraction of sp³-hybridized carbons (Fsp3) is 0.800. The van der Waals surface area contributed by atoms with Gasteiger partial charge in [-0.2, -0.15) is 13.2 Å². The molecule has 4 N–H and O–H groups in total. The first-order valence-electron chi connectivity index (χ1n) is 2.81. The Labute approximate surface area is 61.5 Å². The van der Waals surface area contributed by atoms with Crippen molar-refractivity contribution in [2.75, 3.05) is 0 Å². The van der Waals surface area contributed by atoms with Gasteiger partial charge in [0.25, 0.3) is 0 Å². The molecule has 1 amide bonds. The molecular weight excluding hydrogens is 161 g/mol. The zero-order valence-electron chi connectivity index (χ0n) is 5.90. The number of alkyl halides is 3. The van der Waals surface area contributed by atoms with E-state index in [0.717, 1.165) is 6.92 Å². The standard InChI is InChI=1S/C5H9F3N2O/c1-4(10,3(9)11)2-5(6,7)8/h2,10H2,1H3,(H2,9,11). The minimum atomic E-state index is -4.46. The van der Waals surface area contributed by atoms with Crippen molar-refractivity contribution >= 4 is 5.91 Å². The van der Waals surface area contributed by atoms with Crippen LogP contribution in [0.4, 0.5) is 13.2 Å². The van der Waals surface area contributed by atoms with Gasteiger partial charge in [0, 0.05) is 0 Å². The third kappa shape index (κ3) is 3.82. The van der Waals surface area contributed by atoms with Crippen LogP contribution in [-0.2, 0) is 4.79 Å².